The molecule has 3 aromatic carbocycles. The first-order chi connectivity index (χ1) is 11.6. The predicted octanol–water partition coefficient (Wildman–Crippen LogP) is 5.92. The molecule has 120 valence electrons. The first-order valence-corrected chi connectivity index (χ1v) is 8.37. The maximum absolute atomic E-state index is 12.8. The van der Waals surface area contributed by atoms with Gasteiger partial charge in [-0.15, -0.1) is 0 Å². The number of hydrogen-bond acceptors (Lipinski definition) is 1. The number of carbonyl (C=O) groups excluding carboxylic acids is 1. The van der Waals surface area contributed by atoms with Gasteiger partial charge in [0.15, 0.2) is 5.78 Å². The largest absolute Gasteiger partial charge is 0.294 e. The highest BCUT2D eigenvalue weighted by molar-refractivity contribution is 6.30. The van der Waals surface area contributed by atoms with Crippen molar-refractivity contribution in [2.75, 3.05) is 0 Å². The van der Waals surface area contributed by atoms with Crippen LogP contribution in [0.2, 0.25) is 5.02 Å². The molecule has 0 saturated carbocycles. The lowest BCUT2D eigenvalue weighted by Gasteiger charge is -2.30. The second-order valence-corrected chi connectivity index (χ2v) is 6.61. The van der Waals surface area contributed by atoms with Gasteiger partial charge in [0.2, 0.25) is 0 Å². The van der Waals surface area contributed by atoms with Crippen LogP contribution in [0, 0.1) is 0 Å². The monoisotopic (exact) mass is 334 g/mol. The topological polar surface area (TPSA) is 17.1 Å². The zero-order valence-corrected chi connectivity index (χ0v) is 14.3. The number of Topliss-reactive ketones (excluding diaryl/α,β-unsaturated/α-hetero) is 1. The van der Waals surface area contributed by atoms with Crippen molar-refractivity contribution in [3.8, 4) is 0 Å². The number of halogens is 1. The van der Waals surface area contributed by atoms with Gasteiger partial charge < -0.3 is 0 Å². The average molecular weight is 335 g/mol. The van der Waals surface area contributed by atoms with Gasteiger partial charge in [0.25, 0.3) is 0 Å². The Morgan fingerprint density at radius 2 is 1.29 bits per heavy atom. The van der Waals surface area contributed by atoms with E-state index in [1.807, 2.05) is 72.8 Å². The van der Waals surface area contributed by atoms with Crippen LogP contribution in [0.15, 0.2) is 84.9 Å². The number of ketones is 1. The normalized spacial score (nSPS) is 13.2. The van der Waals surface area contributed by atoms with Crippen LogP contribution in [-0.2, 0) is 5.41 Å². The number of rotatable bonds is 5. The van der Waals surface area contributed by atoms with E-state index in [4.69, 9.17) is 11.6 Å². The highest BCUT2D eigenvalue weighted by Gasteiger charge is 2.31. The van der Waals surface area contributed by atoms with Crippen molar-refractivity contribution >= 4 is 17.4 Å². The maximum Gasteiger partial charge on any atom is 0.164 e. The maximum atomic E-state index is 12.8. The molecule has 2 heteroatoms. The summed E-state index contributed by atoms with van der Waals surface area (Å²) in [5, 5.41) is 0.698. The average Bonchev–Trinajstić information content (AvgIpc) is 2.63. The van der Waals surface area contributed by atoms with Crippen LogP contribution in [0.3, 0.4) is 0 Å². The SMILES string of the molecule is CC(CC(=O)c1ccccc1)(c1ccccc1)c1ccc(Cl)cc1. The van der Waals surface area contributed by atoms with Gasteiger partial charge in [0.05, 0.1) is 0 Å². The van der Waals surface area contributed by atoms with Gasteiger partial charge in [-0.25, -0.2) is 0 Å². The minimum Gasteiger partial charge on any atom is -0.294 e. The molecule has 0 heterocycles. The zero-order valence-electron chi connectivity index (χ0n) is 13.6. The molecule has 0 bridgehead atoms. The second-order valence-electron chi connectivity index (χ2n) is 6.17. The van der Waals surface area contributed by atoms with E-state index in [0.717, 1.165) is 16.7 Å². The molecule has 1 nitrogen and oxygen atoms in total. The summed E-state index contributed by atoms with van der Waals surface area (Å²) < 4.78 is 0. The molecule has 0 radical (unpaired) electrons. The molecule has 24 heavy (non-hydrogen) atoms. The summed E-state index contributed by atoms with van der Waals surface area (Å²) in [5.41, 5.74) is 2.55. The molecular weight excluding hydrogens is 316 g/mol. The quantitative estimate of drug-likeness (QED) is 0.529. The van der Waals surface area contributed by atoms with Gasteiger partial charge >= 0.3 is 0 Å². The third-order valence-electron chi connectivity index (χ3n) is 4.50. The molecule has 0 aliphatic carbocycles. The van der Waals surface area contributed by atoms with Gasteiger partial charge in [0, 0.05) is 22.4 Å². The summed E-state index contributed by atoms with van der Waals surface area (Å²) in [5.74, 6) is 0.136. The Hall–Kier alpha value is -2.38. The first-order valence-electron chi connectivity index (χ1n) is 7.99. The summed E-state index contributed by atoms with van der Waals surface area (Å²) in [6, 6.07) is 27.4. The van der Waals surface area contributed by atoms with Crippen LogP contribution in [0.5, 0.6) is 0 Å². The van der Waals surface area contributed by atoms with Crippen LogP contribution in [0.1, 0.15) is 34.8 Å². The van der Waals surface area contributed by atoms with Gasteiger partial charge in [-0.2, -0.15) is 0 Å². The molecule has 0 aromatic heterocycles. The molecule has 0 aliphatic rings. The molecule has 1 atom stereocenters. The fourth-order valence-electron chi connectivity index (χ4n) is 3.04. The highest BCUT2D eigenvalue weighted by Crippen LogP contribution is 2.36. The van der Waals surface area contributed by atoms with Crippen molar-refractivity contribution in [2.45, 2.75) is 18.8 Å². The summed E-state index contributed by atoms with van der Waals surface area (Å²) in [6.45, 7) is 2.12. The Morgan fingerprint density at radius 1 is 0.792 bits per heavy atom. The van der Waals surface area contributed by atoms with Crippen molar-refractivity contribution in [1.29, 1.82) is 0 Å². The number of carbonyl (C=O) groups is 1. The molecule has 0 saturated heterocycles. The predicted molar refractivity (Wildman–Crippen MR) is 99.7 cm³/mol. The number of hydrogen-bond donors (Lipinski definition) is 0. The molecule has 3 rings (SSSR count). The van der Waals surface area contributed by atoms with E-state index >= 15 is 0 Å². The molecule has 0 amide bonds. The third-order valence-corrected chi connectivity index (χ3v) is 4.75. The Labute approximate surface area is 147 Å². The van der Waals surface area contributed by atoms with E-state index in [0.29, 0.717) is 11.4 Å². The van der Waals surface area contributed by atoms with E-state index < -0.39 is 5.41 Å². The second kappa shape index (κ2) is 7.02. The van der Waals surface area contributed by atoms with Crippen LogP contribution in [0.25, 0.3) is 0 Å². The van der Waals surface area contributed by atoms with Gasteiger partial charge in [-0.3, -0.25) is 4.79 Å². The van der Waals surface area contributed by atoms with E-state index in [9.17, 15) is 4.79 Å². The van der Waals surface area contributed by atoms with Crippen LogP contribution < -0.4 is 0 Å². The molecule has 0 N–H and O–H groups in total. The van der Waals surface area contributed by atoms with E-state index in [2.05, 4.69) is 19.1 Å². The Bertz CT molecular complexity index is 810. The summed E-state index contributed by atoms with van der Waals surface area (Å²) in [6.07, 6.45) is 0.405. The Kier molecular flexibility index (Phi) is 4.82. The lowest BCUT2D eigenvalue weighted by Crippen LogP contribution is -2.27. The molecule has 0 aliphatic heterocycles. The van der Waals surface area contributed by atoms with E-state index in [1.165, 1.54) is 0 Å². The standard InChI is InChI=1S/C22H19ClO/c1-22(18-10-6-3-7-11-18,19-12-14-20(23)15-13-19)16-21(24)17-8-4-2-5-9-17/h2-15H,16H2,1H3. The van der Waals surface area contributed by atoms with Crippen molar-refractivity contribution in [3.05, 3.63) is 107 Å². The zero-order chi connectivity index (χ0) is 17.0. The third kappa shape index (κ3) is 3.42. The highest BCUT2D eigenvalue weighted by atomic mass is 35.5. The minimum absolute atomic E-state index is 0.136. The summed E-state index contributed by atoms with van der Waals surface area (Å²) >= 11 is 6.04. The van der Waals surface area contributed by atoms with Crippen LogP contribution >= 0.6 is 11.6 Å². The molecular formula is C22H19ClO. The van der Waals surface area contributed by atoms with E-state index in [-0.39, 0.29) is 5.78 Å². The molecule has 0 fully saturated rings. The Balaban J connectivity index is 2.02. The lowest BCUT2D eigenvalue weighted by molar-refractivity contribution is 0.0962. The first kappa shape index (κ1) is 16.5. The van der Waals surface area contributed by atoms with E-state index in [1.54, 1.807) is 0 Å². The van der Waals surface area contributed by atoms with Crippen molar-refractivity contribution < 1.29 is 4.79 Å². The fourth-order valence-corrected chi connectivity index (χ4v) is 3.17. The van der Waals surface area contributed by atoms with Crippen LogP contribution in [-0.4, -0.2) is 5.78 Å². The smallest absolute Gasteiger partial charge is 0.164 e. The van der Waals surface area contributed by atoms with Gasteiger partial charge in [-0.05, 0) is 23.3 Å². The van der Waals surface area contributed by atoms with Crippen LogP contribution in [0.4, 0.5) is 0 Å². The van der Waals surface area contributed by atoms with Gasteiger partial charge in [-0.1, -0.05) is 91.3 Å². The Morgan fingerprint density at radius 3 is 1.88 bits per heavy atom. The number of benzene rings is 3. The van der Waals surface area contributed by atoms with Crippen molar-refractivity contribution in [3.63, 3.8) is 0 Å². The lowest BCUT2D eigenvalue weighted by atomic mass is 9.72. The summed E-state index contributed by atoms with van der Waals surface area (Å²) in [7, 11) is 0. The van der Waals surface area contributed by atoms with Crippen molar-refractivity contribution in [1.82, 2.24) is 0 Å². The molecule has 1 unspecified atom stereocenters. The molecule has 0 spiro atoms. The summed E-state index contributed by atoms with van der Waals surface area (Å²) in [4.78, 5) is 12.8. The van der Waals surface area contributed by atoms with Crippen molar-refractivity contribution in [2.24, 2.45) is 0 Å². The van der Waals surface area contributed by atoms with Gasteiger partial charge in [0.1, 0.15) is 0 Å². The fraction of sp³-hybridized carbons (Fsp3) is 0.136. The molecule has 3 aromatic rings. The minimum atomic E-state index is -0.404.